The minimum atomic E-state index is -0.659. The fourth-order valence-corrected chi connectivity index (χ4v) is 2.52. The van der Waals surface area contributed by atoms with E-state index in [-0.39, 0.29) is 5.69 Å². The Morgan fingerprint density at radius 2 is 1.87 bits per heavy atom. The van der Waals surface area contributed by atoms with E-state index in [0.29, 0.717) is 12.4 Å². The molecule has 6 nitrogen and oxygen atoms in total. The van der Waals surface area contributed by atoms with Gasteiger partial charge in [0.05, 0.1) is 19.0 Å². The number of pyridine rings is 1. The Bertz CT molecular complexity index is 677. The molecule has 1 fully saturated rings. The van der Waals surface area contributed by atoms with E-state index in [9.17, 15) is 8.78 Å². The summed E-state index contributed by atoms with van der Waals surface area (Å²) in [6.45, 7) is 3.36. The number of rotatable bonds is 4. The number of nitrogens with zero attached hydrogens (tertiary/aromatic N) is 5. The minimum absolute atomic E-state index is 0.267. The molecule has 0 radical (unpaired) electrons. The van der Waals surface area contributed by atoms with Crippen LogP contribution in [-0.2, 0) is 6.54 Å². The second-order valence-electron chi connectivity index (χ2n) is 5.26. The van der Waals surface area contributed by atoms with Crippen molar-refractivity contribution in [3.63, 3.8) is 0 Å². The highest BCUT2D eigenvalue weighted by Gasteiger charge is 2.20. The molecule has 8 heteroatoms. The van der Waals surface area contributed by atoms with Crippen molar-refractivity contribution in [1.29, 1.82) is 0 Å². The Balaban J connectivity index is 1.59. The molecular formula is C15H17F2N5O. The van der Waals surface area contributed by atoms with Gasteiger partial charge in [0.15, 0.2) is 0 Å². The Morgan fingerprint density at radius 1 is 1.09 bits per heavy atom. The first-order valence-electron chi connectivity index (χ1n) is 7.29. The number of methoxy groups -OCH3 is 1. The molecular weight excluding hydrogens is 304 g/mol. The molecule has 0 amide bonds. The lowest BCUT2D eigenvalue weighted by molar-refractivity contribution is 0.242. The molecule has 0 saturated carbocycles. The highest BCUT2D eigenvalue weighted by Crippen LogP contribution is 2.18. The first-order chi connectivity index (χ1) is 11.2. The van der Waals surface area contributed by atoms with Gasteiger partial charge in [-0.25, -0.2) is 18.7 Å². The van der Waals surface area contributed by atoms with Crippen LogP contribution >= 0.6 is 0 Å². The molecule has 0 bridgehead atoms. The zero-order valence-corrected chi connectivity index (χ0v) is 12.7. The molecule has 0 aliphatic carbocycles. The molecule has 23 heavy (non-hydrogen) atoms. The van der Waals surface area contributed by atoms with Gasteiger partial charge >= 0.3 is 0 Å². The van der Waals surface area contributed by atoms with Crippen LogP contribution in [0.1, 0.15) is 5.69 Å². The van der Waals surface area contributed by atoms with Gasteiger partial charge in [0.1, 0.15) is 23.8 Å². The molecule has 0 unspecified atom stereocenters. The van der Waals surface area contributed by atoms with Crippen molar-refractivity contribution >= 4 is 5.82 Å². The number of hydrogen-bond acceptors (Lipinski definition) is 6. The highest BCUT2D eigenvalue weighted by molar-refractivity contribution is 5.41. The third-order valence-electron chi connectivity index (χ3n) is 3.79. The van der Waals surface area contributed by atoms with E-state index >= 15 is 0 Å². The van der Waals surface area contributed by atoms with E-state index in [1.165, 1.54) is 6.33 Å². The number of hydrogen-bond donors (Lipinski definition) is 0. The SMILES string of the molecule is COc1cc(N2CCN(Cc3ncc(F)cc3F)CC2)ncn1. The Morgan fingerprint density at radius 3 is 2.57 bits per heavy atom. The zero-order valence-electron chi connectivity index (χ0n) is 12.7. The number of piperazine rings is 1. The molecule has 0 atom stereocenters. The van der Waals surface area contributed by atoms with E-state index < -0.39 is 11.6 Å². The third kappa shape index (κ3) is 3.70. The van der Waals surface area contributed by atoms with Crippen LogP contribution in [0.15, 0.2) is 24.7 Å². The van der Waals surface area contributed by atoms with Crippen LogP contribution in [0.2, 0.25) is 0 Å². The van der Waals surface area contributed by atoms with Crippen LogP contribution in [0.5, 0.6) is 5.88 Å². The highest BCUT2D eigenvalue weighted by atomic mass is 19.1. The van der Waals surface area contributed by atoms with Crippen molar-refractivity contribution in [3.8, 4) is 5.88 Å². The van der Waals surface area contributed by atoms with Crippen molar-refractivity contribution in [3.05, 3.63) is 42.0 Å². The van der Waals surface area contributed by atoms with Crippen molar-refractivity contribution in [1.82, 2.24) is 19.9 Å². The first-order valence-corrected chi connectivity index (χ1v) is 7.29. The predicted molar refractivity (Wildman–Crippen MR) is 80.2 cm³/mol. The van der Waals surface area contributed by atoms with E-state index in [1.54, 1.807) is 13.2 Å². The normalized spacial score (nSPS) is 15.7. The summed E-state index contributed by atoms with van der Waals surface area (Å²) in [6.07, 6.45) is 2.51. The van der Waals surface area contributed by atoms with Gasteiger partial charge in [0.2, 0.25) is 5.88 Å². The number of anilines is 1. The van der Waals surface area contributed by atoms with Crippen LogP contribution < -0.4 is 9.64 Å². The topological polar surface area (TPSA) is 54.4 Å². The maximum Gasteiger partial charge on any atom is 0.218 e. The van der Waals surface area contributed by atoms with Crippen LogP contribution in [0.3, 0.4) is 0 Å². The summed E-state index contributed by atoms with van der Waals surface area (Å²) < 4.78 is 31.6. The van der Waals surface area contributed by atoms with Crippen molar-refractivity contribution in [2.45, 2.75) is 6.54 Å². The van der Waals surface area contributed by atoms with Gasteiger partial charge in [-0.1, -0.05) is 0 Å². The third-order valence-corrected chi connectivity index (χ3v) is 3.79. The van der Waals surface area contributed by atoms with Crippen LogP contribution in [0.25, 0.3) is 0 Å². The standard InChI is InChI=1S/C15H17F2N5O/c1-23-15-7-14(19-10-20-15)22-4-2-21(3-5-22)9-13-12(17)6-11(16)8-18-13/h6-8,10H,2-5,9H2,1H3. The molecule has 0 spiro atoms. The molecule has 2 aromatic rings. The van der Waals surface area contributed by atoms with Gasteiger partial charge in [-0.05, 0) is 0 Å². The van der Waals surface area contributed by atoms with Crippen molar-refractivity contribution < 1.29 is 13.5 Å². The average molecular weight is 321 g/mol. The summed E-state index contributed by atoms with van der Waals surface area (Å²) in [4.78, 5) is 16.3. The van der Waals surface area contributed by atoms with Gasteiger partial charge in [0, 0.05) is 44.9 Å². The zero-order chi connectivity index (χ0) is 16.2. The Kier molecular flexibility index (Phi) is 4.61. The maximum atomic E-state index is 13.7. The monoisotopic (exact) mass is 321 g/mol. The lowest BCUT2D eigenvalue weighted by Crippen LogP contribution is -2.46. The molecule has 1 aliphatic rings. The van der Waals surface area contributed by atoms with Crippen LogP contribution in [0, 0.1) is 11.6 Å². The summed E-state index contributed by atoms with van der Waals surface area (Å²) in [5.41, 5.74) is 0.267. The van der Waals surface area contributed by atoms with Crippen LogP contribution in [0.4, 0.5) is 14.6 Å². The van der Waals surface area contributed by atoms with Gasteiger partial charge in [-0.2, -0.15) is 0 Å². The molecule has 3 rings (SSSR count). The van der Waals surface area contributed by atoms with Gasteiger partial charge in [-0.3, -0.25) is 9.88 Å². The fraction of sp³-hybridized carbons (Fsp3) is 0.400. The first kappa shape index (κ1) is 15.5. The lowest BCUT2D eigenvalue weighted by atomic mass is 10.2. The van der Waals surface area contributed by atoms with Crippen molar-refractivity contribution in [2.24, 2.45) is 0 Å². The lowest BCUT2D eigenvalue weighted by Gasteiger charge is -2.35. The second-order valence-corrected chi connectivity index (χ2v) is 5.26. The molecule has 122 valence electrons. The molecule has 0 N–H and O–H groups in total. The van der Waals surface area contributed by atoms with E-state index in [2.05, 4.69) is 24.8 Å². The molecule has 1 saturated heterocycles. The van der Waals surface area contributed by atoms with Crippen molar-refractivity contribution in [2.75, 3.05) is 38.2 Å². The van der Waals surface area contributed by atoms with Gasteiger partial charge < -0.3 is 9.64 Å². The maximum absolute atomic E-state index is 13.7. The molecule has 3 heterocycles. The number of ether oxygens (including phenoxy) is 1. The van der Waals surface area contributed by atoms with Crippen LogP contribution in [-0.4, -0.2) is 53.1 Å². The van der Waals surface area contributed by atoms with Gasteiger partial charge in [0.25, 0.3) is 0 Å². The Labute approximate surface area is 132 Å². The summed E-state index contributed by atoms with van der Waals surface area (Å²) in [7, 11) is 1.56. The summed E-state index contributed by atoms with van der Waals surface area (Å²) in [5, 5.41) is 0. The van der Waals surface area contributed by atoms with E-state index in [0.717, 1.165) is 44.3 Å². The molecule has 2 aromatic heterocycles. The Hall–Kier alpha value is -2.35. The molecule has 1 aliphatic heterocycles. The average Bonchev–Trinajstić information content (AvgIpc) is 2.58. The smallest absolute Gasteiger partial charge is 0.218 e. The quantitative estimate of drug-likeness (QED) is 0.850. The predicted octanol–water partition coefficient (Wildman–Crippen LogP) is 1.48. The largest absolute Gasteiger partial charge is 0.481 e. The second kappa shape index (κ2) is 6.82. The summed E-state index contributed by atoms with van der Waals surface area (Å²) in [5.74, 6) is 0.0688. The fourth-order valence-electron chi connectivity index (χ4n) is 2.52. The molecule has 0 aromatic carbocycles. The van der Waals surface area contributed by atoms with E-state index in [1.807, 2.05) is 0 Å². The number of aromatic nitrogens is 3. The number of halogens is 2. The van der Waals surface area contributed by atoms with Gasteiger partial charge in [-0.15, -0.1) is 0 Å². The van der Waals surface area contributed by atoms with E-state index in [4.69, 9.17) is 4.74 Å². The summed E-state index contributed by atoms with van der Waals surface area (Å²) >= 11 is 0. The summed E-state index contributed by atoms with van der Waals surface area (Å²) in [6, 6.07) is 2.66. The minimum Gasteiger partial charge on any atom is -0.481 e.